The monoisotopic (exact) mass is 447 g/mol. The molecule has 1 heterocycles. The normalized spacial score (nSPS) is 10.9. The summed E-state index contributed by atoms with van der Waals surface area (Å²) in [5, 5.41) is 14.5. The van der Waals surface area contributed by atoms with Crippen LogP contribution in [-0.4, -0.2) is 29.3 Å². The van der Waals surface area contributed by atoms with E-state index in [-0.39, 0.29) is 6.61 Å². The quantitative estimate of drug-likeness (QED) is 0.296. The van der Waals surface area contributed by atoms with Crippen molar-refractivity contribution in [3.63, 3.8) is 0 Å². The Hall–Kier alpha value is -3.38. The molecule has 6 heteroatoms. The van der Waals surface area contributed by atoms with Crippen LogP contribution < -0.4 is 9.47 Å². The number of unbranched alkanes of at least 4 members (excludes halogenated alkanes) is 1. The van der Waals surface area contributed by atoms with Crippen LogP contribution in [0.15, 0.2) is 66.0 Å². The van der Waals surface area contributed by atoms with Crippen molar-refractivity contribution in [2.45, 2.75) is 26.2 Å². The van der Waals surface area contributed by atoms with Crippen LogP contribution in [0.2, 0.25) is 0 Å². The van der Waals surface area contributed by atoms with Gasteiger partial charge in [0.1, 0.15) is 11.5 Å². The summed E-state index contributed by atoms with van der Waals surface area (Å²) in [5.74, 6) is 0.332. The number of carboxylic acids is 1. The van der Waals surface area contributed by atoms with E-state index >= 15 is 0 Å². The lowest BCUT2D eigenvalue weighted by Gasteiger charge is -2.10. The summed E-state index contributed by atoms with van der Waals surface area (Å²) in [4.78, 5) is 15.4. The highest BCUT2D eigenvalue weighted by atomic mass is 32.1. The van der Waals surface area contributed by atoms with E-state index in [4.69, 9.17) is 19.6 Å². The Morgan fingerprint density at radius 1 is 1.00 bits per heavy atom. The maximum absolute atomic E-state index is 10.6. The van der Waals surface area contributed by atoms with E-state index in [1.165, 1.54) is 10.8 Å². The number of hydrogen-bond acceptors (Lipinski definition) is 5. The van der Waals surface area contributed by atoms with Crippen LogP contribution >= 0.6 is 11.3 Å². The van der Waals surface area contributed by atoms with Crippen molar-refractivity contribution in [1.29, 1.82) is 0 Å². The number of thiazole rings is 1. The van der Waals surface area contributed by atoms with Gasteiger partial charge in [0, 0.05) is 10.9 Å². The molecule has 0 amide bonds. The number of aliphatic carboxylic acids is 1. The molecule has 164 valence electrons. The Morgan fingerprint density at radius 2 is 1.84 bits per heavy atom. The highest BCUT2D eigenvalue weighted by Gasteiger charge is 2.07. The second-order valence-electron chi connectivity index (χ2n) is 7.60. The first kappa shape index (κ1) is 21.8. The van der Waals surface area contributed by atoms with Crippen molar-refractivity contribution in [2.24, 2.45) is 0 Å². The molecule has 0 atom stereocenters. The Labute approximate surface area is 191 Å². The van der Waals surface area contributed by atoms with Crippen molar-refractivity contribution >= 4 is 28.1 Å². The first-order valence-corrected chi connectivity index (χ1v) is 11.5. The predicted octanol–water partition coefficient (Wildman–Crippen LogP) is 6.14. The van der Waals surface area contributed by atoms with Crippen molar-refractivity contribution in [3.05, 3.63) is 76.6 Å². The van der Waals surface area contributed by atoms with Crippen molar-refractivity contribution in [2.75, 3.05) is 13.2 Å². The van der Waals surface area contributed by atoms with E-state index in [2.05, 4.69) is 47.8 Å². The van der Waals surface area contributed by atoms with Gasteiger partial charge in [-0.2, -0.15) is 0 Å². The van der Waals surface area contributed by atoms with Crippen LogP contribution in [0.3, 0.4) is 0 Å². The number of ether oxygens (including phenoxy) is 2. The summed E-state index contributed by atoms with van der Waals surface area (Å²) in [5.41, 5.74) is 3.04. The molecule has 0 bridgehead atoms. The SMILES string of the molecule is Cc1cc(OCCCCc2nc(-c3ccc4ccccc4c3)cs2)ccc1OCC(=O)O. The van der Waals surface area contributed by atoms with E-state index < -0.39 is 5.97 Å². The first-order valence-electron chi connectivity index (χ1n) is 10.6. The molecular formula is C26H25NO4S. The lowest BCUT2D eigenvalue weighted by atomic mass is 10.1. The zero-order chi connectivity index (χ0) is 22.3. The molecule has 1 aromatic heterocycles. The van der Waals surface area contributed by atoms with Crippen molar-refractivity contribution < 1.29 is 19.4 Å². The van der Waals surface area contributed by atoms with Gasteiger partial charge in [0.25, 0.3) is 0 Å². The molecule has 0 saturated carbocycles. The minimum absolute atomic E-state index is 0.347. The number of carbonyl (C=O) groups is 1. The number of carboxylic acid groups (broad SMARTS) is 1. The molecular weight excluding hydrogens is 422 g/mol. The molecule has 0 aliphatic carbocycles. The lowest BCUT2D eigenvalue weighted by molar-refractivity contribution is -0.139. The molecule has 32 heavy (non-hydrogen) atoms. The molecule has 0 saturated heterocycles. The number of hydrogen-bond donors (Lipinski definition) is 1. The minimum Gasteiger partial charge on any atom is -0.494 e. The summed E-state index contributed by atoms with van der Waals surface area (Å²) in [6, 6.07) is 20.3. The molecule has 0 aliphatic heterocycles. The van der Waals surface area contributed by atoms with Crippen LogP contribution in [0.4, 0.5) is 0 Å². The Kier molecular flexibility index (Phi) is 7.02. The maximum Gasteiger partial charge on any atom is 0.341 e. The van der Waals surface area contributed by atoms with E-state index in [0.717, 1.165) is 46.8 Å². The van der Waals surface area contributed by atoms with Crippen LogP contribution in [0.1, 0.15) is 23.4 Å². The zero-order valence-electron chi connectivity index (χ0n) is 17.9. The second kappa shape index (κ2) is 10.3. The number of aromatic nitrogens is 1. The molecule has 0 unspecified atom stereocenters. The summed E-state index contributed by atoms with van der Waals surface area (Å²) in [7, 11) is 0. The fourth-order valence-corrected chi connectivity index (χ4v) is 4.34. The summed E-state index contributed by atoms with van der Waals surface area (Å²) >= 11 is 1.71. The highest BCUT2D eigenvalue weighted by molar-refractivity contribution is 7.09. The zero-order valence-corrected chi connectivity index (χ0v) is 18.7. The molecule has 4 rings (SSSR count). The third kappa shape index (κ3) is 5.65. The van der Waals surface area contributed by atoms with Crippen LogP contribution in [-0.2, 0) is 11.2 Å². The van der Waals surface area contributed by atoms with Gasteiger partial charge in [-0.05, 0) is 66.8 Å². The second-order valence-corrected chi connectivity index (χ2v) is 8.55. The van der Waals surface area contributed by atoms with Gasteiger partial charge in [0.2, 0.25) is 0 Å². The Morgan fingerprint density at radius 3 is 2.66 bits per heavy atom. The average Bonchev–Trinajstić information content (AvgIpc) is 3.27. The fraction of sp³-hybridized carbons (Fsp3) is 0.231. The molecule has 0 spiro atoms. The first-order chi connectivity index (χ1) is 15.6. The van der Waals surface area contributed by atoms with Gasteiger partial charge in [0.05, 0.1) is 17.3 Å². The summed E-state index contributed by atoms with van der Waals surface area (Å²) in [6.07, 6.45) is 2.87. The topological polar surface area (TPSA) is 68.7 Å². The van der Waals surface area contributed by atoms with Gasteiger partial charge in [-0.1, -0.05) is 36.4 Å². The Balaban J connectivity index is 1.24. The van der Waals surface area contributed by atoms with E-state index in [9.17, 15) is 4.79 Å². The van der Waals surface area contributed by atoms with Crippen molar-refractivity contribution in [3.8, 4) is 22.8 Å². The molecule has 0 aliphatic rings. The smallest absolute Gasteiger partial charge is 0.341 e. The van der Waals surface area contributed by atoms with Gasteiger partial charge in [-0.3, -0.25) is 0 Å². The number of benzene rings is 3. The lowest BCUT2D eigenvalue weighted by Crippen LogP contribution is -2.10. The van der Waals surface area contributed by atoms with E-state index in [1.54, 1.807) is 23.5 Å². The number of fused-ring (bicyclic) bond motifs is 1. The predicted molar refractivity (Wildman–Crippen MR) is 128 cm³/mol. The number of aryl methyl sites for hydroxylation is 2. The third-order valence-electron chi connectivity index (χ3n) is 5.15. The highest BCUT2D eigenvalue weighted by Crippen LogP contribution is 2.27. The summed E-state index contributed by atoms with van der Waals surface area (Å²) in [6.45, 7) is 2.15. The summed E-state index contributed by atoms with van der Waals surface area (Å²) < 4.78 is 11.1. The fourth-order valence-electron chi connectivity index (χ4n) is 3.49. The largest absolute Gasteiger partial charge is 0.494 e. The van der Waals surface area contributed by atoms with Crippen LogP contribution in [0.5, 0.6) is 11.5 Å². The third-order valence-corrected chi connectivity index (χ3v) is 6.06. The average molecular weight is 448 g/mol. The maximum atomic E-state index is 10.6. The molecule has 4 aromatic rings. The molecule has 0 radical (unpaired) electrons. The van der Waals surface area contributed by atoms with E-state index in [0.29, 0.717) is 12.4 Å². The van der Waals surface area contributed by atoms with Gasteiger partial charge >= 0.3 is 5.97 Å². The van der Waals surface area contributed by atoms with Gasteiger partial charge < -0.3 is 14.6 Å². The van der Waals surface area contributed by atoms with Gasteiger partial charge in [-0.15, -0.1) is 11.3 Å². The molecule has 5 nitrogen and oxygen atoms in total. The van der Waals surface area contributed by atoms with Crippen molar-refractivity contribution in [1.82, 2.24) is 4.98 Å². The Bertz CT molecular complexity index is 1220. The van der Waals surface area contributed by atoms with Gasteiger partial charge in [-0.25, -0.2) is 9.78 Å². The molecule has 0 fully saturated rings. The number of nitrogens with zero attached hydrogens (tertiary/aromatic N) is 1. The number of rotatable bonds is 10. The molecule has 3 aromatic carbocycles. The van der Waals surface area contributed by atoms with Crippen LogP contribution in [0.25, 0.3) is 22.0 Å². The van der Waals surface area contributed by atoms with E-state index in [1.807, 2.05) is 13.0 Å². The van der Waals surface area contributed by atoms with Gasteiger partial charge in [0.15, 0.2) is 6.61 Å². The minimum atomic E-state index is -0.991. The standard InChI is InChI=1S/C26H25NO4S/c1-18-14-22(11-12-24(18)31-16-26(28)29)30-13-5-4-8-25-27-23(17-32-25)21-10-9-19-6-2-3-7-20(19)15-21/h2-3,6-7,9-12,14-15,17H,4-5,8,13,16H2,1H3,(H,28,29). The molecule has 1 N–H and O–H groups in total. The van der Waals surface area contributed by atoms with Crippen LogP contribution in [0, 0.1) is 6.92 Å².